The van der Waals surface area contributed by atoms with E-state index >= 15 is 0 Å². The van der Waals surface area contributed by atoms with Gasteiger partial charge in [-0.25, -0.2) is 4.79 Å². The van der Waals surface area contributed by atoms with Crippen LogP contribution in [0.4, 0.5) is 0 Å². The van der Waals surface area contributed by atoms with Crippen LogP contribution in [-0.4, -0.2) is 68.2 Å². The van der Waals surface area contributed by atoms with Crippen molar-refractivity contribution < 1.29 is 52.5 Å². The summed E-state index contributed by atoms with van der Waals surface area (Å²) in [6.45, 7) is 5.02. The van der Waals surface area contributed by atoms with Crippen molar-refractivity contribution in [3.63, 3.8) is 0 Å². The first-order valence-electron chi connectivity index (χ1n) is 12.3. The molecule has 0 spiro atoms. The topological polar surface area (TPSA) is 156 Å². The summed E-state index contributed by atoms with van der Waals surface area (Å²) in [6.07, 6.45) is 2.07. The zero-order chi connectivity index (χ0) is 31.0. The summed E-state index contributed by atoms with van der Waals surface area (Å²) in [7, 11) is 0. The molecule has 0 aliphatic carbocycles. The van der Waals surface area contributed by atoms with E-state index in [1.807, 2.05) is 24.3 Å². The van der Waals surface area contributed by atoms with Crippen LogP contribution in [0.15, 0.2) is 66.2 Å². The van der Waals surface area contributed by atoms with E-state index in [2.05, 4.69) is 14.2 Å². The van der Waals surface area contributed by atoms with Crippen molar-refractivity contribution in [1.29, 1.82) is 0 Å². The van der Waals surface area contributed by atoms with Crippen LogP contribution in [0.5, 0.6) is 0 Å². The molecule has 0 bridgehead atoms. The Labute approximate surface area is 238 Å². The Morgan fingerprint density at radius 2 is 1.05 bits per heavy atom. The van der Waals surface area contributed by atoms with E-state index in [1.165, 1.54) is 33.8 Å². The van der Waals surface area contributed by atoms with E-state index in [0.717, 1.165) is 17.4 Å². The van der Waals surface area contributed by atoms with Gasteiger partial charge in [0, 0.05) is 19.4 Å². The molecule has 0 fully saturated rings. The van der Waals surface area contributed by atoms with E-state index < -0.39 is 23.9 Å². The average Bonchev–Trinajstić information content (AvgIpc) is 2.93. The summed E-state index contributed by atoms with van der Waals surface area (Å²) in [4.78, 5) is 75.2. The predicted octanol–water partition coefficient (Wildman–Crippen LogP) is 3.34. The molecular formula is C30H34O11. The number of ether oxygens (including phenoxy) is 4. The molecular weight excluding hydrogens is 536 g/mol. The maximum Gasteiger partial charge on any atom is 0.341 e. The van der Waals surface area contributed by atoms with E-state index in [1.54, 1.807) is 36.4 Å². The third-order valence-corrected chi connectivity index (χ3v) is 4.31. The second kappa shape index (κ2) is 21.9. The lowest BCUT2D eigenvalue weighted by molar-refractivity contribution is -0.152. The first-order chi connectivity index (χ1) is 19.5. The Bertz CT molecular complexity index is 1170. The fourth-order valence-corrected chi connectivity index (χ4v) is 2.54. The standard InChI is InChI=1S/C15H16O5.C8H12O5.C7H6O/c1-11(16)14(10-13-6-4-3-5-7-13)15(18)20-9-8-19-12(2)17;1-6(9)5-8(11)13-4-3-12-7(2)10;8-6-7-4-2-1-3-5-7/h3-7,10H,8-9H2,1-2H3;3-5H2,1-2H3;1-6H/b14-10+;;. The van der Waals surface area contributed by atoms with Gasteiger partial charge in [0.05, 0.1) is 0 Å². The Morgan fingerprint density at radius 1 is 0.610 bits per heavy atom. The van der Waals surface area contributed by atoms with Crippen molar-refractivity contribution in [2.75, 3.05) is 26.4 Å². The number of esters is 4. The Hall–Kier alpha value is -4.93. The normalized spacial score (nSPS) is 9.80. The number of carbonyl (C=O) groups excluding carboxylic acids is 7. The number of hydrogen-bond acceptors (Lipinski definition) is 11. The molecule has 11 heteroatoms. The quantitative estimate of drug-likeness (QED) is 0.0701. The molecule has 0 N–H and O–H groups in total. The predicted molar refractivity (Wildman–Crippen MR) is 147 cm³/mol. The lowest BCUT2D eigenvalue weighted by Crippen LogP contribution is -2.17. The van der Waals surface area contributed by atoms with Crippen LogP contribution in [-0.2, 0) is 47.7 Å². The lowest BCUT2D eigenvalue weighted by atomic mass is 10.1. The van der Waals surface area contributed by atoms with Crippen LogP contribution >= 0.6 is 0 Å². The van der Waals surface area contributed by atoms with Crippen LogP contribution < -0.4 is 0 Å². The molecule has 0 radical (unpaired) electrons. The summed E-state index contributed by atoms with van der Waals surface area (Å²) >= 11 is 0. The van der Waals surface area contributed by atoms with Gasteiger partial charge in [0.15, 0.2) is 5.78 Å². The molecule has 2 rings (SSSR count). The van der Waals surface area contributed by atoms with Gasteiger partial charge in [-0.15, -0.1) is 0 Å². The molecule has 41 heavy (non-hydrogen) atoms. The largest absolute Gasteiger partial charge is 0.462 e. The molecule has 11 nitrogen and oxygen atoms in total. The summed E-state index contributed by atoms with van der Waals surface area (Å²) in [5.74, 6) is -2.84. The van der Waals surface area contributed by atoms with Gasteiger partial charge in [-0.2, -0.15) is 0 Å². The van der Waals surface area contributed by atoms with Crippen LogP contribution in [0.2, 0.25) is 0 Å². The highest BCUT2D eigenvalue weighted by Crippen LogP contribution is 2.09. The van der Waals surface area contributed by atoms with Crippen molar-refractivity contribution in [1.82, 2.24) is 0 Å². The van der Waals surface area contributed by atoms with Gasteiger partial charge >= 0.3 is 23.9 Å². The molecule has 0 aromatic heterocycles. The maximum atomic E-state index is 11.8. The Balaban J connectivity index is 0.000000649. The van der Waals surface area contributed by atoms with Crippen LogP contribution in [0.25, 0.3) is 6.08 Å². The Morgan fingerprint density at radius 3 is 1.44 bits per heavy atom. The highest BCUT2D eigenvalue weighted by atomic mass is 16.6. The van der Waals surface area contributed by atoms with Crippen molar-refractivity contribution in [2.45, 2.75) is 34.1 Å². The summed E-state index contributed by atoms with van der Waals surface area (Å²) in [5, 5.41) is 0. The summed E-state index contributed by atoms with van der Waals surface area (Å²) in [6, 6.07) is 18.1. The van der Waals surface area contributed by atoms with Gasteiger partial charge in [-0.05, 0) is 25.5 Å². The average molecular weight is 571 g/mol. The van der Waals surface area contributed by atoms with Gasteiger partial charge in [-0.1, -0.05) is 60.7 Å². The molecule has 0 amide bonds. The fraction of sp³-hybridized carbons (Fsp3) is 0.300. The number of benzene rings is 2. The van der Waals surface area contributed by atoms with Crippen molar-refractivity contribution >= 4 is 47.8 Å². The second-order valence-electron chi connectivity index (χ2n) is 7.97. The number of ketones is 2. The highest BCUT2D eigenvalue weighted by Gasteiger charge is 2.16. The number of rotatable bonds is 12. The molecule has 0 saturated carbocycles. The molecule has 0 saturated heterocycles. The number of hydrogen-bond donors (Lipinski definition) is 0. The minimum atomic E-state index is -0.728. The summed E-state index contributed by atoms with van der Waals surface area (Å²) < 4.78 is 18.6. The van der Waals surface area contributed by atoms with E-state index in [0.29, 0.717) is 0 Å². The van der Waals surface area contributed by atoms with E-state index in [4.69, 9.17) is 4.74 Å². The van der Waals surface area contributed by atoms with Crippen molar-refractivity contribution in [3.05, 3.63) is 77.4 Å². The highest BCUT2D eigenvalue weighted by molar-refractivity contribution is 6.19. The third-order valence-electron chi connectivity index (χ3n) is 4.31. The third kappa shape index (κ3) is 20.7. The molecule has 0 aliphatic rings. The minimum Gasteiger partial charge on any atom is -0.462 e. The molecule has 0 unspecified atom stereocenters. The van der Waals surface area contributed by atoms with E-state index in [-0.39, 0.29) is 50.0 Å². The zero-order valence-corrected chi connectivity index (χ0v) is 23.5. The van der Waals surface area contributed by atoms with Gasteiger partial charge in [0.25, 0.3) is 0 Å². The molecule has 220 valence electrons. The number of aldehydes is 1. The molecule has 2 aromatic carbocycles. The van der Waals surface area contributed by atoms with Gasteiger partial charge in [0.2, 0.25) is 0 Å². The van der Waals surface area contributed by atoms with E-state index in [9.17, 15) is 33.6 Å². The minimum absolute atomic E-state index is 0.00824. The van der Waals surface area contributed by atoms with Gasteiger partial charge < -0.3 is 18.9 Å². The zero-order valence-electron chi connectivity index (χ0n) is 23.5. The molecule has 0 heterocycles. The van der Waals surface area contributed by atoms with Crippen molar-refractivity contribution in [2.24, 2.45) is 0 Å². The first-order valence-corrected chi connectivity index (χ1v) is 12.3. The van der Waals surface area contributed by atoms with Crippen molar-refractivity contribution in [3.8, 4) is 0 Å². The first kappa shape index (κ1) is 36.1. The van der Waals surface area contributed by atoms with Gasteiger partial charge in [-0.3, -0.25) is 28.8 Å². The summed E-state index contributed by atoms with van der Waals surface area (Å²) in [5.41, 5.74) is 1.42. The monoisotopic (exact) mass is 570 g/mol. The number of Topliss-reactive ketones (excluding diaryl/α,β-unsaturated/α-hetero) is 2. The molecule has 2 aromatic rings. The lowest BCUT2D eigenvalue weighted by Gasteiger charge is -2.06. The second-order valence-corrected chi connectivity index (χ2v) is 7.97. The van der Waals surface area contributed by atoms with Crippen LogP contribution in [0, 0.1) is 0 Å². The van der Waals surface area contributed by atoms with Crippen LogP contribution in [0.1, 0.15) is 50.0 Å². The smallest absolute Gasteiger partial charge is 0.341 e. The maximum absolute atomic E-state index is 11.8. The molecule has 0 aliphatic heterocycles. The molecule has 0 atom stereocenters. The van der Waals surface area contributed by atoms with Gasteiger partial charge in [0.1, 0.15) is 50.5 Å². The number of carbonyl (C=O) groups is 7. The van der Waals surface area contributed by atoms with Crippen LogP contribution in [0.3, 0.4) is 0 Å². The fourth-order valence-electron chi connectivity index (χ4n) is 2.54. The Kier molecular flexibility index (Phi) is 19.3. The SMILES string of the molecule is CC(=O)CC(=O)OCCOC(C)=O.CC(=O)OCCOC(=O)/C(=C/c1ccccc1)C(C)=O.O=Cc1ccccc1.